The number of methoxy groups -OCH3 is 1. The van der Waals surface area contributed by atoms with Crippen molar-refractivity contribution in [2.75, 3.05) is 17.8 Å². The standard InChI is InChI=1S/C12H14Br2FNO2/c1-12(6-13,7-14)16-11(17)8-3-4-10(18-2)9(15)5-8/h3-5H,6-7H2,1-2H3,(H,16,17). The molecule has 0 aromatic heterocycles. The van der Waals surface area contributed by atoms with Crippen LogP contribution in [0.2, 0.25) is 0 Å². The first-order chi connectivity index (χ1) is 8.45. The van der Waals surface area contributed by atoms with Gasteiger partial charge in [-0.2, -0.15) is 0 Å². The second-order valence-electron chi connectivity index (χ2n) is 4.13. The van der Waals surface area contributed by atoms with E-state index in [0.29, 0.717) is 10.7 Å². The molecule has 1 rings (SSSR count). The van der Waals surface area contributed by atoms with Crippen LogP contribution in [0, 0.1) is 5.82 Å². The summed E-state index contributed by atoms with van der Waals surface area (Å²) >= 11 is 6.66. The highest BCUT2D eigenvalue weighted by atomic mass is 79.9. The van der Waals surface area contributed by atoms with Gasteiger partial charge in [-0.25, -0.2) is 4.39 Å². The maximum atomic E-state index is 13.5. The first-order valence-electron chi connectivity index (χ1n) is 5.24. The highest BCUT2D eigenvalue weighted by Gasteiger charge is 2.24. The molecule has 18 heavy (non-hydrogen) atoms. The molecule has 0 fully saturated rings. The Labute approximate surface area is 122 Å². The molecule has 1 amide bonds. The lowest BCUT2D eigenvalue weighted by atomic mass is 10.1. The van der Waals surface area contributed by atoms with Gasteiger partial charge in [0, 0.05) is 16.2 Å². The fraction of sp³-hybridized carbons (Fsp3) is 0.417. The van der Waals surface area contributed by atoms with E-state index in [1.54, 1.807) is 0 Å². The SMILES string of the molecule is COc1ccc(C(=O)NC(C)(CBr)CBr)cc1F. The fourth-order valence-corrected chi connectivity index (χ4v) is 2.47. The van der Waals surface area contributed by atoms with E-state index in [0.717, 1.165) is 6.07 Å². The van der Waals surface area contributed by atoms with Crippen molar-refractivity contribution in [2.45, 2.75) is 12.5 Å². The smallest absolute Gasteiger partial charge is 0.251 e. The average molecular weight is 383 g/mol. The summed E-state index contributed by atoms with van der Waals surface area (Å²) in [5.41, 5.74) is -0.158. The minimum Gasteiger partial charge on any atom is -0.494 e. The van der Waals surface area contributed by atoms with Crippen molar-refractivity contribution < 1.29 is 13.9 Å². The van der Waals surface area contributed by atoms with Gasteiger partial charge in [0.2, 0.25) is 0 Å². The number of rotatable bonds is 5. The molecular weight excluding hydrogens is 369 g/mol. The molecule has 0 saturated carbocycles. The number of halogens is 3. The molecule has 0 bridgehead atoms. The quantitative estimate of drug-likeness (QED) is 0.794. The number of ether oxygens (including phenoxy) is 1. The summed E-state index contributed by atoms with van der Waals surface area (Å²) < 4.78 is 18.3. The van der Waals surface area contributed by atoms with Crippen LogP contribution in [0.1, 0.15) is 17.3 Å². The van der Waals surface area contributed by atoms with E-state index in [-0.39, 0.29) is 17.2 Å². The third kappa shape index (κ3) is 3.68. The number of hydrogen-bond acceptors (Lipinski definition) is 2. The van der Waals surface area contributed by atoms with Gasteiger partial charge in [0.05, 0.1) is 12.6 Å². The van der Waals surface area contributed by atoms with Crippen LogP contribution in [0.15, 0.2) is 18.2 Å². The molecule has 0 aliphatic rings. The van der Waals surface area contributed by atoms with Crippen molar-refractivity contribution >= 4 is 37.8 Å². The molecule has 0 heterocycles. The van der Waals surface area contributed by atoms with Crippen molar-refractivity contribution in [3.63, 3.8) is 0 Å². The van der Waals surface area contributed by atoms with Gasteiger partial charge < -0.3 is 10.1 Å². The van der Waals surface area contributed by atoms with E-state index in [2.05, 4.69) is 37.2 Å². The zero-order valence-corrected chi connectivity index (χ0v) is 13.3. The van der Waals surface area contributed by atoms with Crippen LogP contribution >= 0.6 is 31.9 Å². The Hall–Kier alpha value is -0.620. The van der Waals surface area contributed by atoms with Crippen LogP contribution < -0.4 is 10.1 Å². The minimum absolute atomic E-state index is 0.121. The third-order valence-corrected chi connectivity index (χ3v) is 4.89. The number of alkyl halides is 2. The van der Waals surface area contributed by atoms with Crippen molar-refractivity contribution in [1.29, 1.82) is 0 Å². The maximum absolute atomic E-state index is 13.5. The number of carbonyl (C=O) groups is 1. The second kappa shape index (κ2) is 6.52. The van der Waals surface area contributed by atoms with Crippen molar-refractivity contribution in [2.24, 2.45) is 0 Å². The molecule has 0 atom stereocenters. The lowest BCUT2D eigenvalue weighted by molar-refractivity contribution is 0.0922. The molecule has 3 nitrogen and oxygen atoms in total. The van der Waals surface area contributed by atoms with E-state index in [9.17, 15) is 9.18 Å². The first-order valence-corrected chi connectivity index (χ1v) is 7.48. The Balaban J connectivity index is 2.88. The van der Waals surface area contributed by atoms with Crippen LogP contribution in [-0.4, -0.2) is 29.2 Å². The largest absolute Gasteiger partial charge is 0.494 e. The number of hydrogen-bond donors (Lipinski definition) is 1. The predicted octanol–water partition coefficient (Wildman–Crippen LogP) is 3.11. The molecule has 0 unspecified atom stereocenters. The first kappa shape index (κ1) is 15.4. The molecule has 100 valence electrons. The summed E-state index contributed by atoms with van der Waals surface area (Å²) in [6.07, 6.45) is 0. The Kier molecular flexibility index (Phi) is 5.59. The zero-order chi connectivity index (χ0) is 13.8. The van der Waals surface area contributed by atoms with Crippen LogP contribution in [0.4, 0.5) is 4.39 Å². The summed E-state index contributed by atoms with van der Waals surface area (Å²) in [6.45, 7) is 1.88. The Morgan fingerprint density at radius 2 is 2.06 bits per heavy atom. The summed E-state index contributed by atoms with van der Waals surface area (Å²) in [5, 5.41) is 4.02. The van der Waals surface area contributed by atoms with E-state index in [4.69, 9.17) is 4.74 Å². The summed E-state index contributed by atoms with van der Waals surface area (Å²) in [4.78, 5) is 12.0. The average Bonchev–Trinajstić information content (AvgIpc) is 2.38. The Morgan fingerprint density at radius 3 is 2.50 bits per heavy atom. The summed E-state index contributed by atoms with van der Waals surface area (Å²) in [7, 11) is 1.38. The van der Waals surface area contributed by atoms with Crippen molar-refractivity contribution in [3.8, 4) is 5.75 Å². The fourth-order valence-electron chi connectivity index (χ4n) is 1.26. The highest BCUT2D eigenvalue weighted by molar-refractivity contribution is 9.09. The van der Waals surface area contributed by atoms with Gasteiger partial charge in [0.1, 0.15) is 0 Å². The van der Waals surface area contributed by atoms with Crippen LogP contribution in [-0.2, 0) is 0 Å². The molecule has 1 N–H and O–H groups in total. The molecule has 0 spiro atoms. The maximum Gasteiger partial charge on any atom is 0.251 e. The lowest BCUT2D eigenvalue weighted by Crippen LogP contribution is -2.48. The van der Waals surface area contributed by atoms with Gasteiger partial charge in [-0.1, -0.05) is 31.9 Å². The van der Waals surface area contributed by atoms with E-state index in [1.807, 2.05) is 6.92 Å². The van der Waals surface area contributed by atoms with Gasteiger partial charge in [-0.15, -0.1) is 0 Å². The molecule has 1 aromatic rings. The lowest BCUT2D eigenvalue weighted by Gasteiger charge is -2.26. The van der Waals surface area contributed by atoms with Crippen molar-refractivity contribution in [3.05, 3.63) is 29.6 Å². The Morgan fingerprint density at radius 1 is 1.44 bits per heavy atom. The predicted molar refractivity (Wildman–Crippen MR) is 76.4 cm³/mol. The van der Waals surface area contributed by atoms with Gasteiger partial charge in [0.15, 0.2) is 11.6 Å². The molecule has 6 heteroatoms. The molecular formula is C12H14Br2FNO2. The van der Waals surface area contributed by atoms with E-state index < -0.39 is 11.4 Å². The van der Waals surface area contributed by atoms with E-state index >= 15 is 0 Å². The monoisotopic (exact) mass is 381 g/mol. The third-order valence-electron chi connectivity index (χ3n) is 2.42. The molecule has 0 aliphatic heterocycles. The van der Waals surface area contributed by atoms with Crippen LogP contribution in [0.3, 0.4) is 0 Å². The molecule has 0 saturated heterocycles. The number of nitrogens with one attached hydrogen (secondary N) is 1. The van der Waals surface area contributed by atoms with E-state index in [1.165, 1.54) is 19.2 Å². The highest BCUT2D eigenvalue weighted by Crippen LogP contribution is 2.19. The molecule has 0 radical (unpaired) electrons. The minimum atomic E-state index is -0.551. The topological polar surface area (TPSA) is 38.3 Å². The zero-order valence-electron chi connectivity index (χ0n) is 10.1. The summed E-state index contributed by atoms with van der Waals surface area (Å²) in [6, 6.07) is 4.13. The van der Waals surface area contributed by atoms with Crippen LogP contribution in [0.5, 0.6) is 5.75 Å². The van der Waals surface area contributed by atoms with Gasteiger partial charge in [-0.3, -0.25) is 4.79 Å². The Bertz CT molecular complexity index is 436. The van der Waals surface area contributed by atoms with Gasteiger partial charge in [-0.05, 0) is 25.1 Å². The van der Waals surface area contributed by atoms with Gasteiger partial charge in [0.25, 0.3) is 5.91 Å². The number of amides is 1. The second-order valence-corrected chi connectivity index (χ2v) is 5.25. The molecule has 0 aliphatic carbocycles. The normalized spacial score (nSPS) is 11.2. The summed E-state index contributed by atoms with van der Waals surface area (Å²) in [5.74, 6) is -0.752. The van der Waals surface area contributed by atoms with Gasteiger partial charge >= 0.3 is 0 Å². The number of carbonyl (C=O) groups excluding carboxylic acids is 1. The van der Waals surface area contributed by atoms with Crippen LogP contribution in [0.25, 0.3) is 0 Å². The number of benzene rings is 1. The molecule has 1 aromatic carbocycles. The van der Waals surface area contributed by atoms with Crippen molar-refractivity contribution in [1.82, 2.24) is 5.32 Å².